The van der Waals surface area contributed by atoms with Crippen LogP contribution in [0.2, 0.25) is 0 Å². The van der Waals surface area contributed by atoms with Crippen LogP contribution in [0.3, 0.4) is 0 Å². The van der Waals surface area contributed by atoms with E-state index in [1.54, 1.807) is 0 Å². The molecule has 0 saturated carbocycles. The maximum atomic E-state index is 5.70. The molecular weight excluding hydrogens is 1180 g/mol. The predicted octanol–water partition coefficient (Wildman–Crippen LogP) is 15.7. The van der Waals surface area contributed by atoms with Crippen LogP contribution in [0.15, 0.2) is 315 Å². The highest BCUT2D eigenvalue weighted by molar-refractivity contribution is 7.20. The van der Waals surface area contributed by atoms with E-state index in [2.05, 4.69) is 330 Å². The molecule has 0 aliphatic rings. The first kappa shape index (κ1) is 52.9. The van der Waals surface area contributed by atoms with Gasteiger partial charge in [-0.25, -0.2) is 29.9 Å². The highest BCUT2D eigenvalue weighted by Gasteiger charge is 2.42. The molecular formula is C82H52N12Si. The number of fused-ring (bicyclic) bond motifs is 16. The van der Waals surface area contributed by atoms with Gasteiger partial charge in [-0.1, -0.05) is 231 Å². The van der Waals surface area contributed by atoms with Gasteiger partial charge in [0.15, 0.2) is 19.7 Å². The Labute approximate surface area is 543 Å². The summed E-state index contributed by atoms with van der Waals surface area (Å²) in [5.41, 5.74) is 13.8. The number of imidazole rings is 4. The van der Waals surface area contributed by atoms with E-state index in [4.69, 9.17) is 29.9 Å². The van der Waals surface area contributed by atoms with Crippen molar-refractivity contribution in [2.45, 2.75) is 0 Å². The monoisotopic (exact) mass is 1230 g/mol. The van der Waals surface area contributed by atoms with E-state index >= 15 is 0 Å². The number of hydrogen-bond acceptors (Lipinski definition) is 6. The first-order valence-corrected chi connectivity index (χ1v) is 33.9. The highest BCUT2D eigenvalue weighted by atomic mass is 28.3. The van der Waals surface area contributed by atoms with Gasteiger partial charge in [0, 0.05) is 44.8 Å². The zero-order valence-corrected chi connectivity index (χ0v) is 51.9. The summed E-state index contributed by atoms with van der Waals surface area (Å²) in [5, 5.41) is 9.30. The Balaban J connectivity index is 0.835. The third kappa shape index (κ3) is 7.81. The van der Waals surface area contributed by atoms with Gasteiger partial charge in [0.2, 0.25) is 11.6 Å². The van der Waals surface area contributed by atoms with Gasteiger partial charge in [-0.2, -0.15) is 0 Å². The Bertz CT molecular complexity index is 6010. The van der Waals surface area contributed by atoms with Crippen molar-refractivity contribution in [3.05, 3.63) is 315 Å². The second-order valence-corrected chi connectivity index (χ2v) is 28.1. The Morgan fingerprint density at radius 3 is 0.884 bits per heavy atom. The Kier molecular flexibility index (Phi) is 11.5. The SMILES string of the molecule is c1ccc([Si](c2ccccc2)(c2cccc(-c3nc(-n4c5ccccc5c5ccccc54)cc(-n4c5ccccc5n5c6ccccc6nc45)n3)c2)c2cccc(-c3nc(-n4c5ccccc5c5ccccc54)cc(-n4c5ccccc5n5c6ccccc6nc45)n3)c2)cc1. The molecule has 0 amide bonds. The fraction of sp³-hybridized carbons (Fsp3) is 0. The van der Waals surface area contributed by atoms with Gasteiger partial charge < -0.3 is 0 Å². The van der Waals surface area contributed by atoms with Crippen molar-refractivity contribution in [3.63, 3.8) is 0 Å². The summed E-state index contributed by atoms with van der Waals surface area (Å²) in [6.07, 6.45) is 0. The Morgan fingerprint density at radius 1 is 0.211 bits per heavy atom. The molecule has 0 aliphatic heterocycles. The maximum Gasteiger partial charge on any atom is 0.221 e. The second kappa shape index (κ2) is 20.6. The topological polar surface area (TPSA) is 106 Å². The van der Waals surface area contributed by atoms with Crippen molar-refractivity contribution in [2.75, 3.05) is 0 Å². The maximum absolute atomic E-state index is 5.70. The molecule has 0 bridgehead atoms. The van der Waals surface area contributed by atoms with Crippen LogP contribution in [-0.4, -0.2) is 65.0 Å². The number of benzene rings is 12. The number of para-hydroxylation sites is 12. The molecule has 12 aromatic carbocycles. The van der Waals surface area contributed by atoms with Crippen molar-refractivity contribution < 1.29 is 0 Å². The van der Waals surface area contributed by atoms with E-state index in [0.717, 1.165) is 132 Å². The van der Waals surface area contributed by atoms with Crippen LogP contribution in [0.4, 0.5) is 0 Å². The smallest absolute Gasteiger partial charge is 0.221 e. The molecule has 12 nitrogen and oxygen atoms in total. The van der Waals surface area contributed by atoms with Crippen LogP contribution in [0.1, 0.15) is 0 Å². The zero-order chi connectivity index (χ0) is 62.3. The molecule has 444 valence electrons. The van der Waals surface area contributed by atoms with Crippen molar-refractivity contribution >= 4 is 128 Å². The zero-order valence-electron chi connectivity index (χ0n) is 50.9. The lowest BCUT2D eigenvalue weighted by atomic mass is 10.2. The van der Waals surface area contributed by atoms with Gasteiger partial charge in [-0.3, -0.25) is 27.1 Å². The van der Waals surface area contributed by atoms with Gasteiger partial charge in [-0.05, 0) is 93.5 Å². The largest absolute Gasteiger partial charge is 0.294 e. The second-order valence-electron chi connectivity index (χ2n) is 24.3. The normalized spacial score (nSPS) is 12.2. The molecule has 8 heterocycles. The van der Waals surface area contributed by atoms with Crippen LogP contribution in [0.25, 0.3) is 145 Å². The summed E-state index contributed by atoms with van der Waals surface area (Å²) in [5.74, 6) is 5.53. The fourth-order valence-electron chi connectivity index (χ4n) is 15.2. The molecule has 13 heteroatoms. The van der Waals surface area contributed by atoms with Gasteiger partial charge in [0.25, 0.3) is 0 Å². The van der Waals surface area contributed by atoms with E-state index in [-0.39, 0.29) is 0 Å². The summed E-state index contributed by atoms with van der Waals surface area (Å²) in [4.78, 5) is 33.5. The lowest BCUT2D eigenvalue weighted by Gasteiger charge is -2.35. The van der Waals surface area contributed by atoms with Crippen LogP contribution < -0.4 is 20.7 Å². The first-order chi connectivity index (χ1) is 47.1. The van der Waals surface area contributed by atoms with Crippen molar-refractivity contribution in [2.24, 2.45) is 0 Å². The third-order valence-electron chi connectivity index (χ3n) is 19.2. The molecule has 0 spiro atoms. The lowest BCUT2D eigenvalue weighted by Crippen LogP contribution is -2.74. The summed E-state index contributed by atoms with van der Waals surface area (Å²) >= 11 is 0. The predicted molar refractivity (Wildman–Crippen MR) is 387 cm³/mol. The number of nitrogens with zero attached hydrogens (tertiary/aromatic N) is 12. The van der Waals surface area contributed by atoms with Crippen LogP contribution in [0.5, 0.6) is 0 Å². The summed E-state index contributed by atoms with van der Waals surface area (Å²) < 4.78 is 13.5. The Morgan fingerprint density at radius 2 is 0.505 bits per heavy atom. The molecule has 8 aromatic heterocycles. The lowest BCUT2D eigenvalue weighted by molar-refractivity contribution is 0.980. The molecule has 0 fully saturated rings. The average molecular weight is 1230 g/mol. The van der Waals surface area contributed by atoms with Crippen LogP contribution >= 0.6 is 0 Å². The molecule has 20 aromatic rings. The standard InChI is InChI=1S/C82H52N12Si/c1-3-27-55(28-4-1)95(56-29-5-2-6-30-56,57-31-23-25-53(49-57)79-85-75(89-65-39-13-7-33-59(65)60-34-8-14-40-66(60)89)51-77(87-79)93-73-47-21-19-45-71(73)91-69-43-17-11-37-63(69)83-81(91)93)58-32-24-26-54(50-58)80-86-76(90-67-41-15-9-35-61(67)62-36-10-16-42-68(62)90)52-78(88-80)94-74-48-22-20-46-72(74)92-70-44-18-12-38-64(70)84-82(92)94/h1-52H. The minimum atomic E-state index is -3.38. The third-order valence-corrected chi connectivity index (χ3v) is 24.0. The van der Waals surface area contributed by atoms with Crippen molar-refractivity contribution in [1.29, 1.82) is 0 Å². The molecule has 0 aliphatic carbocycles. The van der Waals surface area contributed by atoms with Crippen LogP contribution in [0, 0.1) is 0 Å². The molecule has 0 atom stereocenters. The molecule has 0 unspecified atom stereocenters. The quantitative estimate of drug-likeness (QED) is 0.0997. The van der Waals surface area contributed by atoms with Crippen LogP contribution in [-0.2, 0) is 0 Å². The van der Waals surface area contributed by atoms with E-state index in [9.17, 15) is 0 Å². The summed E-state index contributed by atoms with van der Waals surface area (Å²) in [6, 6.07) is 112. The minimum Gasteiger partial charge on any atom is -0.294 e. The van der Waals surface area contributed by atoms with Gasteiger partial charge in [0.1, 0.15) is 23.3 Å². The number of rotatable bonds is 10. The number of aromatic nitrogens is 12. The molecule has 0 radical (unpaired) electrons. The average Bonchev–Trinajstić information content (AvgIpc) is 1.68. The van der Waals surface area contributed by atoms with Gasteiger partial charge in [-0.15, -0.1) is 0 Å². The minimum absolute atomic E-state index is 0.575. The van der Waals surface area contributed by atoms with E-state index in [1.807, 2.05) is 12.1 Å². The van der Waals surface area contributed by atoms with Crippen molar-refractivity contribution in [1.82, 2.24) is 57.0 Å². The van der Waals surface area contributed by atoms with Gasteiger partial charge in [0.05, 0.1) is 66.2 Å². The summed E-state index contributed by atoms with van der Waals surface area (Å²) in [6.45, 7) is 0. The van der Waals surface area contributed by atoms with Gasteiger partial charge >= 0.3 is 0 Å². The first-order valence-electron chi connectivity index (χ1n) is 31.9. The highest BCUT2D eigenvalue weighted by Crippen LogP contribution is 2.38. The molecule has 0 saturated heterocycles. The summed E-state index contributed by atoms with van der Waals surface area (Å²) in [7, 11) is -3.38. The Hall–Kier alpha value is -12.8. The molecule has 20 rings (SSSR count). The molecule has 0 N–H and O–H groups in total. The van der Waals surface area contributed by atoms with E-state index < -0.39 is 8.07 Å². The molecule has 95 heavy (non-hydrogen) atoms. The van der Waals surface area contributed by atoms with Crippen molar-refractivity contribution in [3.8, 4) is 46.0 Å². The van der Waals surface area contributed by atoms with E-state index in [1.165, 1.54) is 10.4 Å². The van der Waals surface area contributed by atoms with E-state index in [0.29, 0.717) is 23.3 Å². The number of hydrogen-bond donors (Lipinski definition) is 0. The fourth-order valence-corrected chi connectivity index (χ4v) is 20.0.